The molecule has 0 aliphatic heterocycles. The van der Waals surface area contributed by atoms with E-state index in [9.17, 15) is 4.79 Å². The summed E-state index contributed by atoms with van der Waals surface area (Å²) in [6, 6.07) is 0. The number of terminal acetylenes is 1. The molecule has 0 aromatic heterocycles. The van der Waals surface area contributed by atoms with Gasteiger partial charge >= 0.3 is 5.97 Å². The zero-order valence-electron chi connectivity index (χ0n) is 15.9. The lowest BCUT2D eigenvalue weighted by atomic mass is 9.86. The summed E-state index contributed by atoms with van der Waals surface area (Å²) >= 11 is 0. The second-order valence-electron chi connectivity index (χ2n) is 6.01. The van der Waals surface area contributed by atoms with Crippen molar-refractivity contribution in [2.75, 3.05) is 6.61 Å². The van der Waals surface area contributed by atoms with Crippen molar-refractivity contribution in [1.29, 1.82) is 0 Å². The van der Waals surface area contributed by atoms with E-state index in [0.29, 0.717) is 13.0 Å². The van der Waals surface area contributed by atoms with Crippen LogP contribution in [-0.2, 0) is 9.53 Å². The monoisotopic (exact) mass is 338 g/mol. The first-order chi connectivity index (χ1) is 12.2. The van der Waals surface area contributed by atoms with Crippen LogP contribution in [0.25, 0.3) is 0 Å². The number of hydrogen-bond acceptors (Lipinski definition) is 2. The minimum Gasteiger partial charge on any atom is -0.466 e. The van der Waals surface area contributed by atoms with Crippen LogP contribution in [0, 0.1) is 59.7 Å². The minimum atomic E-state index is -0.140. The highest BCUT2D eigenvalue weighted by Gasteiger charge is 2.24. The third-order valence-corrected chi connectivity index (χ3v) is 4.07. The molecule has 0 aromatic rings. The quantitative estimate of drug-likeness (QED) is 0.313. The van der Waals surface area contributed by atoms with E-state index in [1.165, 1.54) is 32.1 Å². The Labute approximate surface area is 154 Å². The van der Waals surface area contributed by atoms with E-state index < -0.39 is 0 Å². The molecule has 0 heterocycles. The molecule has 0 aliphatic carbocycles. The van der Waals surface area contributed by atoms with E-state index >= 15 is 0 Å². The summed E-state index contributed by atoms with van der Waals surface area (Å²) < 4.78 is 5.16. The van der Waals surface area contributed by atoms with Crippen molar-refractivity contribution in [1.82, 2.24) is 0 Å². The second kappa shape index (κ2) is 16.6. The van der Waals surface area contributed by atoms with Crippen molar-refractivity contribution in [3.63, 3.8) is 0 Å². The van der Waals surface area contributed by atoms with Crippen molar-refractivity contribution < 1.29 is 9.53 Å². The van der Waals surface area contributed by atoms with Gasteiger partial charge in [0.1, 0.15) is 0 Å². The first kappa shape index (κ1) is 22.7. The van der Waals surface area contributed by atoms with Gasteiger partial charge in [-0.3, -0.25) is 4.79 Å². The summed E-state index contributed by atoms with van der Waals surface area (Å²) in [6.07, 6.45) is 14.1. The van der Waals surface area contributed by atoms with Gasteiger partial charge in [-0.15, -0.1) is 6.42 Å². The Hall–Kier alpha value is -2.29. The summed E-state index contributed by atoms with van der Waals surface area (Å²) in [4.78, 5) is 12.0. The maximum atomic E-state index is 12.0. The van der Waals surface area contributed by atoms with Crippen LogP contribution in [-0.4, -0.2) is 12.6 Å². The first-order valence-electron chi connectivity index (χ1n) is 9.27. The fraction of sp³-hybridized carbons (Fsp3) is 0.609. The normalized spacial score (nSPS) is 11.3. The van der Waals surface area contributed by atoms with Gasteiger partial charge < -0.3 is 4.74 Å². The van der Waals surface area contributed by atoms with Crippen LogP contribution < -0.4 is 0 Å². The third-order valence-electron chi connectivity index (χ3n) is 4.07. The number of ether oxygens (including phenoxy) is 1. The van der Waals surface area contributed by atoms with E-state index in [-0.39, 0.29) is 17.8 Å². The fourth-order valence-corrected chi connectivity index (χ4v) is 2.54. The molecule has 2 atom stereocenters. The number of rotatable bonds is 11. The fourth-order valence-electron chi connectivity index (χ4n) is 2.54. The molecule has 0 saturated heterocycles. The van der Waals surface area contributed by atoms with Crippen molar-refractivity contribution >= 4 is 5.97 Å². The van der Waals surface area contributed by atoms with E-state index in [4.69, 9.17) is 11.2 Å². The Bertz CT molecular complexity index is 590. The van der Waals surface area contributed by atoms with Gasteiger partial charge in [0.25, 0.3) is 0 Å². The average Bonchev–Trinajstić information content (AvgIpc) is 2.61. The molecule has 134 valence electrons. The van der Waals surface area contributed by atoms with Crippen LogP contribution in [0.1, 0.15) is 72.1 Å². The van der Waals surface area contributed by atoms with Crippen LogP contribution in [0.5, 0.6) is 0 Å². The molecule has 0 spiro atoms. The molecule has 0 amide bonds. The highest BCUT2D eigenvalue weighted by Crippen LogP contribution is 2.24. The number of unbranched alkanes of at least 4 members (excludes halogenated alkanes) is 5. The Morgan fingerprint density at radius 1 is 0.960 bits per heavy atom. The Balaban J connectivity index is 4.56. The van der Waals surface area contributed by atoms with Crippen LogP contribution in [0.2, 0.25) is 0 Å². The van der Waals surface area contributed by atoms with E-state index in [1.807, 2.05) is 13.8 Å². The van der Waals surface area contributed by atoms with Crippen LogP contribution in [0.4, 0.5) is 0 Å². The zero-order valence-corrected chi connectivity index (χ0v) is 15.9. The summed E-state index contributed by atoms with van der Waals surface area (Å²) in [5.74, 6) is 18.1. The second-order valence-corrected chi connectivity index (χ2v) is 6.01. The SMILES string of the molecule is C#CC#CC#CC#CCC(CCCCCCCC)C(C)C(=O)OCC. The van der Waals surface area contributed by atoms with Crippen LogP contribution in [0.15, 0.2) is 0 Å². The molecule has 2 nitrogen and oxygen atoms in total. The smallest absolute Gasteiger partial charge is 0.308 e. The summed E-state index contributed by atoms with van der Waals surface area (Å²) in [5.41, 5.74) is 0. The Morgan fingerprint density at radius 2 is 1.60 bits per heavy atom. The minimum absolute atomic E-state index is 0.133. The first-order valence-corrected chi connectivity index (χ1v) is 9.27. The highest BCUT2D eigenvalue weighted by atomic mass is 16.5. The van der Waals surface area contributed by atoms with Gasteiger partial charge in [-0.1, -0.05) is 58.3 Å². The molecule has 0 saturated carbocycles. The number of esters is 1. The van der Waals surface area contributed by atoms with Crippen molar-refractivity contribution in [2.24, 2.45) is 11.8 Å². The number of hydrogen-bond donors (Lipinski definition) is 0. The van der Waals surface area contributed by atoms with Gasteiger partial charge in [-0.05, 0) is 54.8 Å². The van der Waals surface area contributed by atoms with Crippen LogP contribution in [0.3, 0.4) is 0 Å². The highest BCUT2D eigenvalue weighted by molar-refractivity contribution is 5.72. The number of carbonyl (C=O) groups excluding carboxylic acids is 1. The summed E-state index contributed by atoms with van der Waals surface area (Å²) in [5, 5.41) is 0. The van der Waals surface area contributed by atoms with E-state index in [0.717, 1.165) is 12.8 Å². The maximum absolute atomic E-state index is 12.0. The zero-order chi connectivity index (χ0) is 18.8. The molecule has 2 unspecified atom stereocenters. The standard InChI is InChI=1S/C23H30O2/c1-5-8-10-12-14-16-18-20-22(21(4)23(24)25-7-3)19-17-15-13-11-9-6-2/h1,21-22H,6-7,9,11,13,15,17,19-20H2,2-4H3. The molecule has 0 aliphatic rings. The predicted molar refractivity (Wildman–Crippen MR) is 104 cm³/mol. The summed E-state index contributed by atoms with van der Waals surface area (Å²) in [7, 11) is 0. The van der Waals surface area contributed by atoms with Gasteiger partial charge in [-0.25, -0.2) is 0 Å². The molecule has 0 fully saturated rings. The predicted octanol–water partition coefficient (Wildman–Crippen LogP) is 4.59. The third kappa shape index (κ3) is 12.8. The van der Waals surface area contributed by atoms with E-state index in [1.54, 1.807) is 0 Å². The molecular formula is C23H30O2. The Morgan fingerprint density at radius 3 is 2.28 bits per heavy atom. The summed E-state index contributed by atoms with van der Waals surface area (Å²) in [6.45, 7) is 6.40. The lowest BCUT2D eigenvalue weighted by Crippen LogP contribution is -2.23. The Kier molecular flexibility index (Phi) is 15.0. The van der Waals surface area contributed by atoms with Gasteiger partial charge in [0.05, 0.1) is 12.5 Å². The van der Waals surface area contributed by atoms with Gasteiger partial charge in [0.2, 0.25) is 0 Å². The molecule has 25 heavy (non-hydrogen) atoms. The van der Waals surface area contributed by atoms with E-state index in [2.05, 4.69) is 48.4 Å². The molecule has 0 rings (SSSR count). The molecule has 0 bridgehead atoms. The number of carbonyl (C=O) groups is 1. The van der Waals surface area contributed by atoms with Crippen molar-refractivity contribution in [3.05, 3.63) is 0 Å². The van der Waals surface area contributed by atoms with Gasteiger partial charge in [0, 0.05) is 6.42 Å². The van der Waals surface area contributed by atoms with Gasteiger partial charge in [-0.2, -0.15) is 0 Å². The van der Waals surface area contributed by atoms with Crippen LogP contribution >= 0.6 is 0 Å². The molecule has 2 heteroatoms. The molecule has 0 aromatic carbocycles. The largest absolute Gasteiger partial charge is 0.466 e. The molecule has 0 N–H and O–H groups in total. The molecular weight excluding hydrogens is 308 g/mol. The molecule has 0 radical (unpaired) electrons. The van der Waals surface area contributed by atoms with Gasteiger partial charge in [0.15, 0.2) is 0 Å². The maximum Gasteiger partial charge on any atom is 0.308 e. The average molecular weight is 338 g/mol. The lowest BCUT2D eigenvalue weighted by molar-refractivity contribution is -0.149. The lowest BCUT2D eigenvalue weighted by Gasteiger charge is -2.20. The van der Waals surface area contributed by atoms with Crippen molar-refractivity contribution in [2.45, 2.75) is 72.1 Å². The topological polar surface area (TPSA) is 26.3 Å². The van der Waals surface area contributed by atoms with Crippen molar-refractivity contribution in [3.8, 4) is 47.9 Å².